The van der Waals surface area contributed by atoms with Crippen molar-refractivity contribution in [1.82, 2.24) is 0 Å². The van der Waals surface area contributed by atoms with Gasteiger partial charge in [-0.05, 0) is 61.4 Å². The van der Waals surface area contributed by atoms with Crippen molar-refractivity contribution in [3.63, 3.8) is 0 Å². The molecule has 2 aromatic rings. The molecule has 2 aliphatic heterocycles. The van der Waals surface area contributed by atoms with Gasteiger partial charge in [0.05, 0.1) is 37.6 Å². The third-order valence-electron chi connectivity index (χ3n) is 7.19. The maximum absolute atomic E-state index is 12.7. The number of esters is 2. The third-order valence-corrected chi connectivity index (χ3v) is 7.19. The summed E-state index contributed by atoms with van der Waals surface area (Å²) >= 11 is 0. The van der Waals surface area contributed by atoms with Crippen LogP contribution in [0.3, 0.4) is 0 Å². The highest BCUT2D eigenvalue weighted by molar-refractivity contribution is 5.90. The first kappa shape index (κ1) is 29.9. The van der Waals surface area contributed by atoms with Gasteiger partial charge in [0.2, 0.25) is 0 Å². The standard InChI is InChI=1S/C32H42O8/c1-3-5-7-9-19-35-25-15-11-23(12-16-25)31(33)39-27-21-37-30-28(22-38-29(27)30)40-32(34)24-13-17-26(18-14-24)36-20-10-8-6-4-2/h11-18,27-30H,3-10,19-22H2,1-2H3/t27-,28+,29+,30-. The van der Waals surface area contributed by atoms with Crippen molar-refractivity contribution in [3.05, 3.63) is 59.7 Å². The Morgan fingerprint density at radius 2 is 1.02 bits per heavy atom. The maximum Gasteiger partial charge on any atom is 0.338 e. The number of hydrogen-bond acceptors (Lipinski definition) is 8. The number of fused-ring (bicyclic) bond motifs is 1. The summed E-state index contributed by atoms with van der Waals surface area (Å²) < 4.78 is 34.6. The van der Waals surface area contributed by atoms with E-state index in [4.69, 9.17) is 28.4 Å². The summed E-state index contributed by atoms with van der Waals surface area (Å²) in [6, 6.07) is 13.9. The second kappa shape index (κ2) is 15.6. The minimum atomic E-state index is -0.579. The van der Waals surface area contributed by atoms with E-state index in [1.807, 2.05) is 0 Å². The van der Waals surface area contributed by atoms with Crippen molar-refractivity contribution < 1.29 is 38.0 Å². The highest BCUT2D eigenvalue weighted by Crippen LogP contribution is 2.31. The first-order valence-electron chi connectivity index (χ1n) is 14.7. The monoisotopic (exact) mass is 554 g/mol. The van der Waals surface area contributed by atoms with E-state index < -0.39 is 36.4 Å². The summed E-state index contributed by atoms with van der Waals surface area (Å²) in [7, 11) is 0. The minimum absolute atomic E-state index is 0.179. The zero-order chi connectivity index (χ0) is 28.2. The van der Waals surface area contributed by atoms with Crippen LogP contribution < -0.4 is 9.47 Å². The highest BCUT2D eigenvalue weighted by Gasteiger charge is 2.51. The predicted octanol–water partition coefficient (Wildman–Crippen LogP) is 6.15. The molecule has 0 spiro atoms. The molecule has 8 heteroatoms. The molecule has 0 radical (unpaired) electrons. The van der Waals surface area contributed by atoms with Gasteiger partial charge in [-0.25, -0.2) is 9.59 Å². The van der Waals surface area contributed by atoms with E-state index in [1.165, 1.54) is 25.7 Å². The number of carbonyl (C=O) groups excluding carboxylic acids is 2. The predicted molar refractivity (Wildman–Crippen MR) is 150 cm³/mol. The Balaban J connectivity index is 1.20. The van der Waals surface area contributed by atoms with E-state index in [0.717, 1.165) is 37.2 Å². The molecule has 0 unspecified atom stereocenters. The Morgan fingerprint density at radius 3 is 1.40 bits per heavy atom. The van der Waals surface area contributed by atoms with Crippen LogP contribution in [0.15, 0.2) is 48.5 Å². The summed E-state index contributed by atoms with van der Waals surface area (Å²) in [4.78, 5) is 25.5. The number of rotatable bonds is 16. The van der Waals surface area contributed by atoms with Gasteiger partial charge >= 0.3 is 11.9 Å². The Hall–Kier alpha value is -3.10. The van der Waals surface area contributed by atoms with Gasteiger partial charge in [0.15, 0.2) is 12.2 Å². The van der Waals surface area contributed by atoms with Gasteiger partial charge < -0.3 is 28.4 Å². The van der Waals surface area contributed by atoms with E-state index in [1.54, 1.807) is 48.5 Å². The molecule has 0 bridgehead atoms. The Morgan fingerprint density at radius 1 is 0.625 bits per heavy atom. The van der Waals surface area contributed by atoms with Gasteiger partial charge in [-0.3, -0.25) is 0 Å². The topological polar surface area (TPSA) is 89.5 Å². The maximum atomic E-state index is 12.7. The van der Waals surface area contributed by atoms with Gasteiger partial charge in [0.1, 0.15) is 23.7 Å². The van der Waals surface area contributed by atoms with Crippen LogP contribution in [0, 0.1) is 0 Å². The molecule has 0 amide bonds. The number of benzene rings is 2. The molecule has 0 aliphatic carbocycles. The quantitative estimate of drug-likeness (QED) is 0.180. The molecule has 8 nitrogen and oxygen atoms in total. The lowest BCUT2D eigenvalue weighted by Crippen LogP contribution is -2.36. The number of unbranched alkanes of at least 4 members (excludes halogenated alkanes) is 6. The Bertz CT molecular complexity index is 966. The smallest absolute Gasteiger partial charge is 0.338 e. The molecule has 2 saturated heterocycles. The third kappa shape index (κ3) is 8.45. The average Bonchev–Trinajstić information content (AvgIpc) is 3.56. The second-order valence-corrected chi connectivity index (χ2v) is 10.4. The molecule has 2 fully saturated rings. The summed E-state index contributed by atoms with van der Waals surface area (Å²) in [6.07, 6.45) is 6.97. The fourth-order valence-electron chi connectivity index (χ4n) is 4.85. The van der Waals surface area contributed by atoms with Crippen LogP contribution in [0.4, 0.5) is 0 Å². The molecule has 0 aromatic heterocycles. The van der Waals surface area contributed by atoms with Crippen molar-refractivity contribution >= 4 is 11.9 Å². The molecule has 0 N–H and O–H groups in total. The van der Waals surface area contributed by atoms with Crippen molar-refractivity contribution in [2.45, 2.75) is 89.6 Å². The van der Waals surface area contributed by atoms with E-state index in [-0.39, 0.29) is 13.2 Å². The lowest BCUT2D eigenvalue weighted by Gasteiger charge is -2.17. The van der Waals surface area contributed by atoms with Gasteiger partial charge in [-0.1, -0.05) is 52.4 Å². The zero-order valence-corrected chi connectivity index (χ0v) is 23.7. The second-order valence-electron chi connectivity index (χ2n) is 10.4. The lowest BCUT2D eigenvalue weighted by atomic mass is 10.1. The molecule has 0 saturated carbocycles. The van der Waals surface area contributed by atoms with Crippen LogP contribution in [0.25, 0.3) is 0 Å². The first-order valence-corrected chi connectivity index (χ1v) is 14.7. The first-order chi connectivity index (χ1) is 19.6. The van der Waals surface area contributed by atoms with Crippen LogP contribution >= 0.6 is 0 Å². The van der Waals surface area contributed by atoms with Crippen LogP contribution in [0.1, 0.15) is 85.9 Å². The van der Waals surface area contributed by atoms with E-state index in [9.17, 15) is 9.59 Å². The molecule has 2 heterocycles. The van der Waals surface area contributed by atoms with Gasteiger partial charge in [0, 0.05) is 0 Å². The normalized spacial score (nSPS) is 21.6. The van der Waals surface area contributed by atoms with Crippen molar-refractivity contribution in [2.75, 3.05) is 26.4 Å². The number of ether oxygens (including phenoxy) is 6. The molecule has 2 aromatic carbocycles. The minimum Gasteiger partial charge on any atom is -0.494 e. The molecule has 218 valence electrons. The molecule has 2 aliphatic rings. The van der Waals surface area contributed by atoms with Crippen LogP contribution in [-0.2, 0) is 18.9 Å². The number of carbonyl (C=O) groups is 2. The van der Waals surface area contributed by atoms with E-state index in [0.29, 0.717) is 24.3 Å². The van der Waals surface area contributed by atoms with E-state index in [2.05, 4.69) is 13.8 Å². The number of hydrogen-bond donors (Lipinski definition) is 0. The summed E-state index contributed by atoms with van der Waals surface area (Å²) in [6.45, 7) is 6.03. The fraction of sp³-hybridized carbons (Fsp3) is 0.562. The van der Waals surface area contributed by atoms with Crippen molar-refractivity contribution in [1.29, 1.82) is 0 Å². The van der Waals surface area contributed by atoms with Crippen LogP contribution in [0.5, 0.6) is 11.5 Å². The fourth-order valence-corrected chi connectivity index (χ4v) is 4.85. The van der Waals surface area contributed by atoms with Crippen LogP contribution in [-0.4, -0.2) is 62.8 Å². The van der Waals surface area contributed by atoms with Crippen molar-refractivity contribution in [2.24, 2.45) is 0 Å². The van der Waals surface area contributed by atoms with Gasteiger partial charge in [0.25, 0.3) is 0 Å². The average molecular weight is 555 g/mol. The molecule has 4 atom stereocenters. The Labute approximate surface area is 237 Å². The molecular weight excluding hydrogens is 512 g/mol. The molecule has 40 heavy (non-hydrogen) atoms. The summed E-state index contributed by atoms with van der Waals surface area (Å²) in [5.41, 5.74) is 0.854. The van der Waals surface area contributed by atoms with Crippen molar-refractivity contribution in [3.8, 4) is 11.5 Å². The highest BCUT2D eigenvalue weighted by atomic mass is 16.7. The Kier molecular flexibility index (Phi) is 11.7. The van der Waals surface area contributed by atoms with Gasteiger partial charge in [-0.2, -0.15) is 0 Å². The summed E-state index contributed by atoms with van der Waals surface area (Å²) in [5, 5.41) is 0. The SMILES string of the molecule is CCCCCCOc1ccc(C(=O)O[C@H]2CO[C@@H]3[C@@H]2OC[C@H]3OC(=O)c2ccc(OCCCCCC)cc2)cc1. The van der Waals surface area contributed by atoms with E-state index >= 15 is 0 Å². The lowest BCUT2D eigenvalue weighted by molar-refractivity contribution is -0.0287. The zero-order valence-electron chi connectivity index (χ0n) is 23.7. The summed E-state index contributed by atoms with van der Waals surface area (Å²) in [5.74, 6) is 0.539. The largest absolute Gasteiger partial charge is 0.494 e. The molecular formula is C32H42O8. The van der Waals surface area contributed by atoms with Gasteiger partial charge in [-0.15, -0.1) is 0 Å². The molecule has 4 rings (SSSR count). The van der Waals surface area contributed by atoms with Crippen LogP contribution in [0.2, 0.25) is 0 Å².